The molecule has 3 rings (SSSR count). The molecule has 2 nitrogen and oxygen atoms in total. The number of hydrogen-bond acceptors (Lipinski definition) is 2. The number of rotatable bonds is 1. The predicted molar refractivity (Wildman–Crippen MR) is 68.0 cm³/mol. The summed E-state index contributed by atoms with van der Waals surface area (Å²) in [6.45, 7) is 4.15. The molecule has 0 aliphatic rings. The first-order chi connectivity index (χ1) is 7.74. The molecule has 3 aromatic rings. The maximum Gasteiger partial charge on any atom is 0.145 e. The molecule has 80 valence electrons. The first-order valence-electron chi connectivity index (χ1n) is 5.24. The van der Waals surface area contributed by atoms with E-state index in [1.165, 1.54) is 16.0 Å². The molecule has 0 radical (unpaired) electrons. The van der Waals surface area contributed by atoms with Crippen molar-refractivity contribution in [3.63, 3.8) is 0 Å². The second-order valence-electron chi connectivity index (χ2n) is 4.02. The standard InChI is InChI=1S/C13H12N2S/c1-9-6-11(12-4-3-5-16-12)13-14-10(2)8-15(13)7-9/h3-8H,1-2H3. The smallest absolute Gasteiger partial charge is 0.145 e. The zero-order valence-corrected chi connectivity index (χ0v) is 10.1. The largest absolute Gasteiger partial charge is 0.306 e. The van der Waals surface area contributed by atoms with Gasteiger partial charge in [-0.3, -0.25) is 0 Å². The second kappa shape index (κ2) is 3.46. The van der Waals surface area contributed by atoms with Gasteiger partial charge in [0.15, 0.2) is 0 Å². The average molecular weight is 228 g/mol. The van der Waals surface area contributed by atoms with E-state index in [4.69, 9.17) is 0 Å². The Bertz CT molecular complexity index is 635. The van der Waals surface area contributed by atoms with Crippen LogP contribution in [0, 0.1) is 13.8 Å². The van der Waals surface area contributed by atoms with Gasteiger partial charge in [0, 0.05) is 22.8 Å². The lowest BCUT2D eigenvalue weighted by Gasteiger charge is -2.03. The summed E-state index contributed by atoms with van der Waals surface area (Å²) in [6, 6.07) is 6.42. The van der Waals surface area contributed by atoms with Crippen LogP contribution in [-0.2, 0) is 0 Å². The molecule has 16 heavy (non-hydrogen) atoms. The molecule has 3 heteroatoms. The molecular formula is C13H12N2S. The summed E-state index contributed by atoms with van der Waals surface area (Å²) in [7, 11) is 0. The van der Waals surface area contributed by atoms with Crippen molar-refractivity contribution < 1.29 is 0 Å². The highest BCUT2D eigenvalue weighted by atomic mass is 32.1. The molecular weight excluding hydrogens is 216 g/mol. The summed E-state index contributed by atoms with van der Waals surface area (Å²) < 4.78 is 2.11. The predicted octanol–water partition coefficient (Wildman–Crippen LogP) is 3.68. The summed E-state index contributed by atoms with van der Waals surface area (Å²) in [6.07, 6.45) is 4.19. The number of fused-ring (bicyclic) bond motifs is 1. The molecule has 0 aromatic carbocycles. The lowest BCUT2D eigenvalue weighted by molar-refractivity contribution is 1.16. The average Bonchev–Trinajstić information content (AvgIpc) is 2.83. The molecule has 0 saturated heterocycles. The third kappa shape index (κ3) is 1.44. The lowest BCUT2D eigenvalue weighted by atomic mass is 10.2. The van der Waals surface area contributed by atoms with Crippen molar-refractivity contribution in [1.82, 2.24) is 9.38 Å². The van der Waals surface area contributed by atoms with E-state index in [1.54, 1.807) is 11.3 Å². The summed E-state index contributed by atoms with van der Waals surface area (Å²) >= 11 is 1.76. The van der Waals surface area contributed by atoms with E-state index in [0.29, 0.717) is 0 Å². The Morgan fingerprint density at radius 3 is 2.88 bits per heavy atom. The van der Waals surface area contributed by atoms with Crippen LogP contribution in [-0.4, -0.2) is 9.38 Å². The van der Waals surface area contributed by atoms with Gasteiger partial charge in [-0.05, 0) is 36.9 Å². The molecule has 0 aliphatic carbocycles. The van der Waals surface area contributed by atoms with E-state index in [2.05, 4.69) is 52.3 Å². The first-order valence-corrected chi connectivity index (χ1v) is 6.12. The van der Waals surface area contributed by atoms with Gasteiger partial charge < -0.3 is 4.40 Å². The Morgan fingerprint density at radius 2 is 2.12 bits per heavy atom. The highest BCUT2D eigenvalue weighted by Crippen LogP contribution is 2.29. The number of aryl methyl sites for hydroxylation is 2. The highest BCUT2D eigenvalue weighted by molar-refractivity contribution is 7.13. The van der Waals surface area contributed by atoms with Crippen molar-refractivity contribution in [2.45, 2.75) is 13.8 Å². The quantitative estimate of drug-likeness (QED) is 0.621. The van der Waals surface area contributed by atoms with Crippen molar-refractivity contribution in [2.24, 2.45) is 0 Å². The van der Waals surface area contributed by atoms with Crippen molar-refractivity contribution in [3.8, 4) is 10.4 Å². The minimum Gasteiger partial charge on any atom is -0.306 e. The van der Waals surface area contributed by atoms with Crippen molar-refractivity contribution in [1.29, 1.82) is 0 Å². The summed E-state index contributed by atoms with van der Waals surface area (Å²) in [4.78, 5) is 5.86. The van der Waals surface area contributed by atoms with Crippen molar-refractivity contribution in [2.75, 3.05) is 0 Å². The first kappa shape index (κ1) is 9.60. The van der Waals surface area contributed by atoms with E-state index >= 15 is 0 Å². The zero-order valence-electron chi connectivity index (χ0n) is 9.27. The fourth-order valence-corrected chi connectivity index (χ4v) is 2.71. The fourth-order valence-electron chi connectivity index (χ4n) is 1.98. The van der Waals surface area contributed by atoms with E-state index < -0.39 is 0 Å². The Morgan fingerprint density at radius 1 is 1.25 bits per heavy atom. The maximum absolute atomic E-state index is 4.58. The van der Waals surface area contributed by atoms with Crippen LogP contribution in [0.3, 0.4) is 0 Å². The van der Waals surface area contributed by atoms with Crippen LogP contribution in [0.2, 0.25) is 0 Å². The minimum atomic E-state index is 1.05. The molecule has 3 aromatic heterocycles. The number of pyridine rings is 1. The van der Waals surface area contributed by atoms with Crippen molar-refractivity contribution in [3.05, 3.63) is 47.2 Å². The van der Waals surface area contributed by atoms with Gasteiger partial charge >= 0.3 is 0 Å². The van der Waals surface area contributed by atoms with Gasteiger partial charge in [0.05, 0.1) is 5.69 Å². The fraction of sp³-hybridized carbons (Fsp3) is 0.154. The number of thiophene rings is 1. The van der Waals surface area contributed by atoms with Crippen molar-refractivity contribution >= 4 is 17.0 Å². The third-order valence-electron chi connectivity index (χ3n) is 2.60. The van der Waals surface area contributed by atoms with E-state index in [-0.39, 0.29) is 0 Å². The van der Waals surface area contributed by atoms with Crippen LogP contribution in [0.15, 0.2) is 36.0 Å². The van der Waals surface area contributed by atoms with Gasteiger partial charge in [-0.1, -0.05) is 6.07 Å². The molecule has 0 spiro atoms. The monoisotopic (exact) mass is 228 g/mol. The molecule has 0 bridgehead atoms. The molecule has 0 saturated carbocycles. The molecule has 0 atom stereocenters. The number of imidazole rings is 1. The molecule has 0 aliphatic heterocycles. The summed E-state index contributed by atoms with van der Waals surface area (Å²) in [5.41, 5.74) is 4.59. The summed E-state index contributed by atoms with van der Waals surface area (Å²) in [5.74, 6) is 0. The van der Waals surface area contributed by atoms with Crippen LogP contribution < -0.4 is 0 Å². The number of aromatic nitrogens is 2. The molecule has 0 fully saturated rings. The molecule has 0 amide bonds. The van der Waals surface area contributed by atoms with Gasteiger partial charge in [0.2, 0.25) is 0 Å². The van der Waals surface area contributed by atoms with Crippen LogP contribution in [0.1, 0.15) is 11.3 Å². The van der Waals surface area contributed by atoms with E-state index in [1.807, 2.05) is 6.92 Å². The van der Waals surface area contributed by atoms with E-state index in [0.717, 1.165) is 11.3 Å². The van der Waals surface area contributed by atoms with Gasteiger partial charge in [-0.15, -0.1) is 11.3 Å². The highest BCUT2D eigenvalue weighted by Gasteiger charge is 2.08. The molecule has 3 heterocycles. The van der Waals surface area contributed by atoms with Gasteiger partial charge in [-0.2, -0.15) is 0 Å². The SMILES string of the molecule is Cc1cc(-c2cccs2)c2nc(C)cn2c1. The Labute approximate surface area is 98.2 Å². The zero-order chi connectivity index (χ0) is 11.1. The molecule has 0 N–H and O–H groups in total. The number of nitrogens with zero attached hydrogens (tertiary/aromatic N) is 2. The van der Waals surface area contributed by atoms with Crippen LogP contribution >= 0.6 is 11.3 Å². The minimum absolute atomic E-state index is 1.05. The Hall–Kier alpha value is -1.61. The lowest BCUT2D eigenvalue weighted by Crippen LogP contribution is -1.88. The van der Waals surface area contributed by atoms with Gasteiger partial charge in [0.25, 0.3) is 0 Å². The van der Waals surface area contributed by atoms with Crippen LogP contribution in [0.25, 0.3) is 16.1 Å². The molecule has 0 unspecified atom stereocenters. The Balaban J connectivity index is 2.38. The van der Waals surface area contributed by atoms with Crippen LogP contribution in [0.4, 0.5) is 0 Å². The van der Waals surface area contributed by atoms with Gasteiger partial charge in [0.1, 0.15) is 5.65 Å². The van der Waals surface area contributed by atoms with Crippen LogP contribution in [0.5, 0.6) is 0 Å². The topological polar surface area (TPSA) is 17.3 Å². The maximum atomic E-state index is 4.58. The Kier molecular flexibility index (Phi) is 2.07. The summed E-state index contributed by atoms with van der Waals surface area (Å²) in [5, 5.41) is 2.10. The second-order valence-corrected chi connectivity index (χ2v) is 4.97. The van der Waals surface area contributed by atoms with E-state index in [9.17, 15) is 0 Å². The normalized spacial score (nSPS) is 11.1. The third-order valence-corrected chi connectivity index (χ3v) is 3.50. The number of hydrogen-bond donors (Lipinski definition) is 0. The van der Waals surface area contributed by atoms with Gasteiger partial charge in [-0.25, -0.2) is 4.98 Å².